The fourth-order valence-corrected chi connectivity index (χ4v) is 2.48. The number of aliphatic hydroxyl groups excluding tert-OH is 1. The zero-order chi connectivity index (χ0) is 15.8. The van der Waals surface area contributed by atoms with Gasteiger partial charge in [0.05, 0.1) is 13.7 Å². The molecule has 0 aromatic heterocycles. The van der Waals surface area contributed by atoms with E-state index in [1.54, 1.807) is 7.11 Å². The average Bonchev–Trinajstić information content (AvgIpc) is 2.59. The molecule has 3 heteroatoms. The van der Waals surface area contributed by atoms with Crippen LogP contribution in [-0.4, -0.2) is 18.8 Å². The lowest BCUT2D eigenvalue weighted by atomic mass is 10.0. The Morgan fingerprint density at radius 2 is 1.86 bits per heavy atom. The normalized spacial score (nSPS) is 12.1. The summed E-state index contributed by atoms with van der Waals surface area (Å²) >= 11 is 0. The summed E-state index contributed by atoms with van der Waals surface area (Å²) in [4.78, 5) is 0. The van der Waals surface area contributed by atoms with Gasteiger partial charge in [-0.2, -0.15) is 0 Å². The highest BCUT2D eigenvalue weighted by Crippen LogP contribution is 2.15. The second-order valence-corrected chi connectivity index (χ2v) is 5.53. The Balaban J connectivity index is 1.75. The number of benzene rings is 2. The van der Waals surface area contributed by atoms with Crippen molar-refractivity contribution in [2.75, 3.05) is 13.7 Å². The van der Waals surface area contributed by atoms with Crippen LogP contribution in [0.2, 0.25) is 0 Å². The third-order valence-corrected chi connectivity index (χ3v) is 3.89. The minimum absolute atomic E-state index is 0.0953. The van der Waals surface area contributed by atoms with Crippen LogP contribution in [0.4, 0.5) is 0 Å². The molecule has 0 aliphatic carbocycles. The number of hydrogen-bond donors (Lipinski definition) is 2. The maximum Gasteiger partial charge on any atom is 0.118 e. The van der Waals surface area contributed by atoms with E-state index in [0.29, 0.717) is 6.04 Å². The molecule has 2 N–H and O–H groups in total. The highest BCUT2D eigenvalue weighted by Gasteiger charge is 2.05. The van der Waals surface area contributed by atoms with E-state index in [0.717, 1.165) is 30.7 Å². The molecule has 0 amide bonds. The molecule has 22 heavy (non-hydrogen) atoms. The molecule has 2 aromatic rings. The van der Waals surface area contributed by atoms with Crippen molar-refractivity contribution in [3.8, 4) is 5.75 Å². The third kappa shape index (κ3) is 4.86. The molecule has 0 heterocycles. The predicted octanol–water partition coefficient (Wildman–Crippen LogP) is 3.47. The van der Waals surface area contributed by atoms with Crippen molar-refractivity contribution < 1.29 is 9.84 Å². The molecule has 1 atom stereocenters. The monoisotopic (exact) mass is 299 g/mol. The highest BCUT2D eigenvalue weighted by atomic mass is 16.5. The van der Waals surface area contributed by atoms with Crippen LogP contribution in [0.1, 0.15) is 36.1 Å². The zero-order valence-electron chi connectivity index (χ0n) is 13.4. The number of aryl methyl sites for hydroxylation is 1. The summed E-state index contributed by atoms with van der Waals surface area (Å²) in [5.41, 5.74) is 3.51. The Hall–Kier alpha value is -1.84. The first-order chi connectivity index (χ1) is 10.7. The summed E-state index contributed by atoms with van der Waals surface area (Å²) in [7, 11) is 1.69. The van der Waals surface area contributed by atoms with Crippen molar-refractivity contribution in [3.05, 3.63) is 65.2 Å². The van der Waals surface area contributed by atoms with Crippen LogP contribution >= 0.6 is 0 Å². The van der Waals surface area contributed by atoms with Gasteiger partial charge >= 0.3 is 0 Å². The van der Waals surface area contributed by atoms with Gasteiger partial charge in [0, 0.05) is 6.04 Å². The number of hydrogen-bond acceptors (Lipinski definition) is 3. The van der Waals surface area contributed by atoms with Gasteiger partial charge < -0.3 is 15.2 Å². The lowest BCUT2D eigenvalue weighted by molar-refractivity contribution is 0.281. The first kappa shape index (κ1) is 16.5. The van der Waals surface area contributed by atoms with Gasteiger partial charge in [-0.1, -0.05) is 36.4 Å². The summed E-state index contributed by atoms with van der Waals surface area (Å²) < 4.78 is 5.16. The Bertz CT molecular complexity index is 566. The van der Waals surface area contributed by atoms with Crippen LogP contribution in [-0.2, 0) is 13.0 Å². The summed E-state index contributed by atoms with van der Waals surface area (Å²) in [6.07, 6.45) is 2.15. The molecular weight excluding hydrogens is 274 g/mol. The maximum atomic E-state index is 9.19. The number of nitrogens with one attached hydrogen (secondary N) is 1. The summed E-state index contributed by atoms with van der Waals surface area (Å²) in [5, 5.41) is 12.7. The largest absolute Gasteiger partial charge is 0.497 e. The molecule has 0 bridgehead atoms. The maximum absolute atomic E-state index is 9.19. The minimum Gasteiger partial charge on any atom is -0.497 e. The van der Waals surface area contributed by atoms with E-state index in [2.05, 4.69) is 36.5 Å². The molecule has 0 fully saturated rings. The topological polar surface area (TPSA) is 41.5 Å². The van der Waals surface area contributed by atoms with Gasteiger partial charge in [-0.15, -0.1) is 0 Å². The van der Waals surface area contributed by atoms with Gasteiger partial charge in [0.2, 0.25) is 0 Å². The van der Waals surface area contributed by atoms with E-state index in [4.69, 9.17) is 4.74 Å². The van der Waals surface area contributed by atoms with E-state index in [1.807, 2.05) is 24.3 Å². The molecule has 0 aliphatic heterocycles. The molecular formula is C19H25NO2. The van der Waals surface area contributed by atoms with E-state index < -0.39 is 0 Å². The molecule has 2 aromatic carbocycles. The number of aliphatic hydroxyl groups is 1. The van der Waals surface area contributed by atoms with Gasteiger partial charge in [-0.25, -0.2) is 0 Å². The molecule has 3 nitrogen and oxygen atoms in total. The molecule has 0 saturated heterocycles. The van der Waals surface area contributed by atoms with Crippen molar-refractivity contribution in [3.63, 3.8) is 0 Å². The van der Waals surface area contributed by atoms with Gasteiger partial charge in [-0.05, 0) is 55.1 Å². The first-order valence-corrected chi connectivity index (χ1v) is 7.79. The number of rotatable bonds is 8. The molecule has 0 spiro atoms. The minimum atomic E-state index is 0.0953. The average molecular weight is 299 g/mol. The van der Waals surface area contributed by atoms with E-state index in [-0.39, 0.29) is 6.61 Å². The van der Waals surface area contributed by atoms with Gasteiger partial charge in [-0.3, -0.25) is 0 Å². The second-order valence-electron chi connectivity index (χ2n) is 5.53. The van der Waals surface area contributed by atoms with Crippen LogP contribution < -0.4 is 10.1 Å². The van der Waals surface area contributed by atoms with E-state index in [9.17, 15) is 5.11 Å². The zero-order valence-corrected chi connectivity index (χ0v) is 13.4. The molecule has 0 aliphatic rings. The summed E-state index contributed by atoms with van der Waals surface area (Å²) in [6, 6.07) is 16.6. The van der Waals surface area contributed by atoms with Crippen molar-refractivity contribution in [1.82, 2.24) is 5.32 Å². The fourth-order valence-electron chi connectivity index (χ4n) is 2.48. The quantitative estimate of drug-likeness (QED) is 0.733. The van der Waals surface area contributed by atoms with Crippen molar-refractivity contribution in [2.45, 2.75) is 32.4 Å². The van der Waals surface area contributed by atoms with Gasteiger partial charge in [0.25, 0.3) is 0 Å². The van der Waals surface area contributed by atoms with Gasteiger partial charge in [0.15, 0.2) is 0 Å². The molecule has 0 radical (unpaired) electrons. The SMILES string of the molecule is COc1ccc(CCCNC(C)c2cccc(CO)c2)cc1. The Kier molecular flexibility index (Phi) is 6.44. The highest BCUT2D eigenvalue weighted by molar-refractivity contribution is 5.27. The van der Waals surface area contributed by atoms with Gasteiger partial charge in [0.1, 0.15) is 5.75 Å². The van der Waals surface area contributed by atoms with Crippen molar-refractivity contribution >= 4 is 0 Å². The number of ether oxygens (including phenoxy) is 1. The Morgan fingerprint density at radius 1 is 1.09 bits per heavy atom. The van der Waals surface area contributed by atoms with Crippen molar-refractivity contribution in [1.29, 1.82) is 0 Å². The van der Waals surface area contributed by atoms with Crippen LogP contribution in [0.25, 0.3) is 0 Å². The molecule has 118 valence electrons. The fraction of sp³-hybridized carbons (Fsp3) is 0.368. The van der Waals surface area contributed by atoms with E-state index >= 15 is 0 Å². The molecule has 0 saturated carbocycles. The van der Waals surface area contributed by atoms with Crippen LogP contribution in [0.3, 0.4) is 0 Å². The van der Waals surface area contributed by atoms with Crippen molar-refractivity contribution in [2.24, 2.45) is 0 Å². The second kappa shape index (κ2) is 8.57. The Labute approximate surface area is 133 Å². The lowest BCUT2D eigenvalue weighted by Crippen LogP contribution is -2.20. The molecule has 1 unspecified atom stereocenters. The van der Waals surface area contributed by atoms with Crippen LogP contribution in [0.15, 0.2) is 48.5 Å². The number of methoxy groups -OCH3 is 1. The van der Waals surface area contributed by atoms with Crippen LogP contribution in [0, 0.1) is 0 Å². The lowest BCUT2D eigenvalue weighted by Gasteiger charge is -2.15. The smallest absolute Gasteiger partial charge is 0.118 e. The Morgan fingerprint density at radius 3 is 2.55 bits per heavy atom. The standard InChI is InChI=1S/C19H25NO2/c1-15(18-7-3-5-17(13-18)14-21)20-12-4-6-16-8-10-19(22-2)11-9-16/h3,5,7-11,13,15,20-21H,4,6,12,14H2,1-2H3. The summed E-state index contributed by atoms with van der Waals surface area (Å²) in [5.74, 6) is 0.902. The predicted molar refractivity (Wildman–Crippen MR) is 90.1 cm³/mol. The van der Waals surface area contributed by atoms with Crippen LogP contribution in [0.5, 0.6) is 5.75 Å². The van der Waals surface area contributed by atoms with E-state index in [1.165, 1.54) is 11.1 Å². The molecule has 2 rings (SSSR count). The first-order valence-electron chi connectivity index (χ1n) is 7.79. The summed E-state index contributed by atoms with van der Waals surface area (Å²) in [6.45, 7) is 3.22. The third-order valence-electron chi connectivity index (χ3n) is 3.89.